The molecule has 0 fully saturated rings. The first kappa shape index (κ1) is 25.9. The molecule has 1 atom stereocenters. The van der Waals surface area contributed by atoms with Crippen molar-refractivity contribution in [3.8, 4) is 5.75 Å². The molecule has 0 spiro atoms. The van der Waals surface area contributed by atoms with E-state index in [2.05, 4.69) is 14.9 Å². The van der Waals surface area contributed by atoms with Crippen molar-refractivity contribution in [1.29, 1.82) is 0 Å². The van der Waals surface area contributed by atoms with E-state index in [-0.39, 0.29) is 31.6 Å². The van der Waals surface area contributed by atoms with E-state index in [9.17, 15) is 34.8 Å². The largest absolute Gasteiger partial charge is 0.573 e. The van der Waals surface area contributed by atoms with Gasteiger partial charge in [-0.3, -0.25) is 0 Å². The van der Waals surface area contributed by atoms with Crippen LogP contribution in [0, 0.1) is 0 Å². The summed E-state index contributed by atoms with van der Waals surface area (Å²) in [5.41, 5.74) is 0.751. The molecule has 0 amide bonds. The van der Waals surface area contributed by atoms with E-state index in [0.29, 0.717) is 0 Å². The number of ether oxygens (including phenoxy) is 1. The fourth-order valence-corrected chi connectivity index (χ4v) is 5.89. The molecule has 0 radical (unpaired) electrons. The topological polar surface area (TPSA) is 77.3 Å². The van der Waals surface area contributed by atoms with Gasteiger partial charge in [0.1, 0.15) is 16.5 Å². The van der Waals surface area contributed by atoms with Crippen molar-refractivity contribution in [2.75, 3.05) is 0 Å². The number of fused-ring (bicyclic) bond motifs is 1. The maximum Gasteiger partial charge on any atom is 0.573 e. The number of rotatable bonds is 5. The molecule has 4 rings (SSSR count). The highest BCUT2D eigenvalue weighted by molar-refractivity contribution is 7.89. The third-order valence-corrected chi connectivity index (χ3v) is 7.62. The van der Waals surface area contributed by atoms with Gasteiger partial charge in [0, 0.05) is 12.6 Å². The van der Waals surface area contributed by atoms with Gasteiger partial charge in [-0.05, 0) is 37.0 Å². The number of nitrogens with zero attached hydrogens (tertiary/aromatic N) is 4. The summed E-state index contributed by atoms with van der Waals surface area (Å²) in [7, 11) is -4.70. The highest BCUT2D eigenvalue weighted by Gasteiger charge is 2.42. The Kier molecular flexibility index (Phi) is 7.01. The zero-order chi connectivity index (χ0) is 26.1. The molecule has 3 aromatic rings. The second-order valence-corrected chi connectivity index (χ2v) is 9.98. The predicted octanol–water partition coefficient (Wildman–Crippen LogP) is 4.79. The fraction of sp³-hybridized carbons (Fsp3) is 0.364. The van der Waals surface area contributed by atoms with Gasteiger partial charge in [0.2, 0.25) is 15.8 Å². The van der Waals surface area contributed by atoms with E-state index in [1.807, 2.05) is 0 Å². The van der Waals surface area contributed by atoms with Crippen molar-refractivity contribution in [3.63, 3.8) is 0 Å². The molecule has 1 aliphatic heterocycles. The average Bonchev–Trinajstić information content (AvgIpc) is 3.17. The summed E-state index contributed by atoms with van der Waals surface area (Å²) in [5, 5.41) is 6.79. The highest BCUT2D eigenvalue weighted by atomic mass is 32.2. The van der Waals surface area contributed by atoms with E-state index in [1.165, 1.54) is 12.1 Å². The van der Waals surface area contributed by atoms with Crippen molar-refractivity contribution in [3.05, 3.63) is 71.8 Å². The lowest BCUT2D eigenvalue weighted by Gasteiger charge is -2.33. The summed E-state index contributed by atoms with van der Waals surface area (Å²) in [6.45, 7) is -0.715. The molecule has 0 bridgehead atoms. The predicted molar refractivity (Wildman–Crippen MR) is 114 cm³/mol. The first-order chi connectivity index (χ1) is 16.9. The Morgan fingerprint density at radius 1 is 0.944 bits per heavy atom. The number of benzene rings is 2. The smallest absolute Gasteiger partial charge is 0.404 e. The molecule has 0 saturated heterocycles. The molecule has 1 aliphatic rings. The Labute approximate surface area is 202 Å². The van der Waals surface area contributed by atoms with E-state index < -0.39 is 51.6 Å². The lowest BCUT2D eigenvalue weighted by Crippen LogP contribution is -2.43. The summed E-state index contributed by atoms with van der Waals surface area (Å²) in [6.07, 6.45) is -9.50. The van der Waals surface area contributed by atoms with Gasteiger partial charge >= 0.3 is 12.5 Å². The summed E-state index contributed by atoms with van der Waals surface area (Å²) in [4.78, 5) is -0.761. The van der Waals surface area contributed by atoms with Gasteiger partial charge < -0.3 is 9.30 Å². The van der Waals surface area contributed by atoms with Crippen LogP contribution in [-0.2, 0) is 35.7 Å². The zero-order valence-electron chi connectivity index (χ0n) is 18.5. The molecule has 2 aromatic carbocycles. The van der Waals surface area contributed by atoms with Gasteiger partial charge in [-0.25, -0.2) is 8.42 Å². The number of aromatic nitrogens is 3. The standard InChI is InChI=1S/C22H20F6N4O3S/c23-21(24,25)20-30-29-19-14-32(16(9-6-12-31(19)20)13-15-7-2-1-3-8-15)36(33,34)18-11-5-4-10-17(18)35-22(26,27)28/h1-5,7-8,10-11,16H,6,9,12-14H2/t16-/m0/s1. The minimum atomic E-state index is -5.16. The molecule has 0 unspecified atom stereocenters. The van der Waals surface area contributed by atoms with Crippen LogP contribution in [0.15, 0.2) is 59.5 Å². The summed E-state index contributed by atoms with van der Waals surface area (Å²) >= 11 is 0. The minimum Gasteiger partial charge on any atom is -0.404 e. The molecule has 14 heteroatoms. The van der Waals surface area contributed by atoms with Gasteiger partial charge in [0.05, 0.1) is 6.54 Å². The van der Waals surface area contributed by atoms with Gasteiger partial charge in [-0.15, -0.1) is 23.4 Å². The van der Waals surface area contributed by atoms with Crippen molar-refractivity contribution in [2.24, 2.45) is 0 Å². The van der Waals surface area contributed by atoms with Crippen LogP contribution >= 0.6 is 0 Å². The monoisotopic (exact) mass is 534 g/mol. The van der Waals surface area contributed by atoms with Gasteiger partial charge in [0.25, 0.3) is 0 Å². The van der Waals surface area contributed by atoms with E-state index in [4.69, 9.17) is 0 Å². The summed E-state index contributed by atoms with van der Waals surface area (Å²) < 4.78 is 112. The molecule has 0 aliphatic carbocycles. The van der Waals surface area contributed by atoms with Crippen molar-refractivity contribution in [1.82, 2.24) is 19.1 Å². The van der Waals surface area contributed by atoms with Crippen molar-refractivity contribution < 1.29 is 39.5 Å². The summed E-state index contributed by atoms with van der Waals surface area (Å²) in [6, 6.07) is 12.2. The molecule has 0 saturated carbocycles. The maximum absolute atomic E-state index is 13.8. The van der Waals surface area contributed by atoms with Gasteiger partial charge in [-0.2, -0.15) is 17.5 Å². The average molecular weight is 534 g/mol. The third kappa shape index (κ3) is 5.64. The maximum atomic E-state index is 13.8. The van der Waals surface area contributed by atoms with Crippen LogP contribution in [0.4, 0.5) is 26.3 Å². The van der Waals surface area contributed by atoms with Gasteiger partial charge in [0.15, 0.2) is 0 Å². The Balaban J connectivity index is 1.81. The molecule has 2 heterocycles. The SMILES string of the molecule is O=S(=O)(c1ccccc1OC(F)(F)F)N1Cc2nnc(C(F)(F)F)n2CCC[C@H]1Cc1ccccc1. The van der Waals surface area contributed by atoms with Gasteiger partial charge in [-0.1, -0.05) is 42.5 Å². The second-order valence-electron chi connectivity index (χ2n) is 8.12. The van der Waals surface area contributed by atoms with Crippen molar-refractivity contribution in [2.45, 2.75) is 55.8 Å². The summed E-state index contributed by atoms with van der Waals surface area (Å²) in [5.74, 6) is -2.47. The normalized spacial score (nSPS) is 17.8. The zero-order valence-corrected chi connectivity index (χ0v) is 19.3. The lowest BCUT2D eigenvalue weighted by molar-refractivity contribution is -0.275. The quantitative estimate of drug-likeness (QED) is 0.440. The number of halogens is 6. The number of alkyl halides is 6. The van der Waals surface area contributed by atoms with Crippen LogP contribution in [-0.4, -0.2) is 39.9 Å². The lowest BCUT2D eigenvalue weighted by atomic mass is 10.0. The Morgan fingerprint density at radius 3 is 2.28 bits per heavy atom. The minimum absolute atomic E-state index is 0.0931. The molecular formula is C22H20F6N4O3S. The van der Waals surface area contributed by atoms with Crippen molar-refractivity contribution >= 4 is 10.0 Å². The Bertz CT molecular complexity index is 1310. The second kappa shape index (κ2) is 9.73. The van der Waals surface area contributed by atoms with Crippen LogP contribution < -0.4 is 4.74 Å². The Morgan fingerprint density at radius 2 is 1.61 bits per heavy atom. The van der Waals surface area contributed by atoms with Crippen LogP contribution in [0.2, 0.25) is 0 Å². The fourth-order valence-electron chi connectivity index (χ4n) is 4.16. The van der Waals surface area contributed by atoms with E-state index in [0.717, 1.165) is 26.6 Å². The number of para-hydroxylation sites is 1. The van der Waals surface area contributed by atoms with Crippen LogP contribution in [0.3, 0.4) is 0 Å². The first-order valence-electron chi connectivity index (χ1n) is 10.8. The first-order valence-corrected chi connectivity index (χ1v) is 12.2. The van der Waals surface area contributed by atoms with E-state index >= 15 is 0 Å². The Hall–Kier alpha value is -3.13. The van der Waals surface area contributed by atoms with Crippen LogP contribution in [0.25, 0.3) is 0 Å². The third-order valence-electron chi connectivity index (χ3n) is 5.68. The molecular weight excluding hydrogens is 514 g/mol. The molecule has 7 nitrogen and oxygen atoms in total. The molecule has 0 N–H and O–H groups in total. The van der Waals surface area contributed by atoms with Crippen LogP contribution in [0.5, 0.6) is 5.75 Å². The van der Waals surface area contributed by atoms with Crippen LogP contribution in [0.1, 0.15) is 30.1 Å². The number of hydrogen-bond acceptors (Lipinski definition) is 5. The molecule has 36 heavy (non-hydrogen) atoms. The number of sulfonamides is 1. The van der Waals surface area contributed by atoms with E-state index in [1.54, 1.807) is 30.3 Å². The highest BCUT2D eigenvalue weighted by Crippen LogP contribution is 2.36. The molecule has 194 valence electrons. The number of hydrogen-bond donors (Lipinski definition) is 0. The molecule has 1 aromatic heterocycles.